The predicted octanol–water partition coefficient (Wildman–Crippen LogP) is 22.3. The van der Waals surface area contributed by atoms with E-state index in [0.717, 1.165) is 38.5 Å². The number of aliphatic hydroxyl groups is 1. The minimum atomic E-state index is -4.33. The van der Waals surface area contributed by atoms with Crippen molar-refractivity contribution in [3.8, 4) is 0 Å². The molecule has 468 valence electrons. The van der Waals surface area contributed by atoms with Crippen LogP contribution in [0.15, 0.2) is 0 Å². The van der Waals surface area contributed by atoms with Crippen LogP contribution in [0.2, 0.25) is 0 Å². The number of rotatable bonds is 67. The number of nitrogens with zero attached hydrogens (tertiary/aromatic N) is 1. The van der Waals surface area contributed by atoms with Crippen molar-refractivity contribution in [2.24, 2.45) is 0 Å². The quantitative estimate of drug-likeness (QED) is 0.0318. The van der Waals surface area contributed by atoms with Gasteiger partial charge < -0.3 is 19.8 Å². The highest BCUT2D eigenvalue weighted by Gasteiger charge is 2.28. The van der Waals surface area contributed by atoms with Crippen molar-refractivity contribution in [3.05, 3.63) is 0 Å². The standard InChI is InChI=1S/C69H141N2O6P/c1-6-8-10-12-14-16-18-20-22-24-26-28-30-32-33-34-35-36-37-39-40-42-44-46-48-50-52-54-56-58-60-62-68(72)67(66-77-78(74,75)76-65-64-71(3,4)5)70-69(73)63-61-59-57-55-53-51-49-47-45-43-41-38-31-29-27-25-23-21-19-17-15-13-11-9-7-2/h67-68,72H,6-66H2,1-5H3,(H-,70,73,74,75)/p+1. The number of quaternary nitrogens is 1. The molecule has 0 spiro atoms. The van der Waals surface area contributed by atoms with E-state index in [9.17, 15) is 19.4 Å². The summed E-state index contributed by atoms with van der Waals surface area (Å²) in [6.45, 7) is 4.97. The van der Waals surface area contributed by atoms with E-state index < -0.39 is 20.0 Å². The molecule has 9 heteroatoms. The van der Waals surface area contributed by atoms with Gasteiger partial charge in [-0.05, 0) is 12.8 Å². The molecule has 0 bridgehead atoms. The summed E-state index contributed by atoms with van der Waals surface area (Å²) in [6.07, 6.45) is 76.4. The third-order valence-electron chi connectivity index (χ3n) is 16.9. The number of unbranched alkanes of at least 4 members (excludes halogenated alkanes) is 54. The maximum absolute atomic E-state index is 13.1. The summed E-state index contributed by atoms with van der Waals surface area (Å²) in [5.41, 5.74) is 0. The lowest BCUT2D eigenvalue weighted by Crippen LogP contribution is -2.46. The summed E-state index contributed by atoms with van der Waals surface area (Å²) in [6, 6.07) is -0.757. The van der Waals surface area contributed by atoms with E-state index in [1.807, 2.05) is 21.1 Å². The zero-order chi connectivity index (χ0) is 57.0. The molecule has 0 aromatic carbocycles. The first kappa shape index (κ1) is 77.5. The third-order valence-corrected chi connectivity index (χ3v) is 17.8. The molecule has 0 aromatic rings. The van der Waals surface area contributed by atoms with Crippen molar-refractivity contribution < 1.29 is 32.9 Å². The number of hydrogen-bond acceptors (Lipinski definition) is 5. The van der Waals surface area contributed by atoms with Gasteiger partial charge in [0.1, 0.15) is 13.2 Å². The van der Waals surface area contributed by atoms with Crippen molar-refractivity contribution in [1.29, 1.82) is 0 Å². The van der Waals surface area contributed by atoms with Gasteiger partial charge in [-0.25, -0.2) is 4.57 Å². The van der Waals surface area contributed by atoms with Gasteiger partial charge in [-0.15, -0.1) is 0 Å². The molecule has 0 saturated carbocycles. The molecule has 0 heterocycles. The van der Waals surface area contributed by atoms with E-state index in [0.29, 0.717) is 23.9 Å². The van der Waals surface area contributed by atoms with Gasteiger partial charge in [0.2, 0.25) is 5.91 Å². The van der Waals surface area contributed by atoms with E-state index in [1.165, 1.54) is 321 Å². The van der Waals surface area contributed by atoms with E-state index in [2.05, 4.69) is 19.2 Å². The largest absolute Gasteiger partial charge is 0.472 e. The Morgan fingerprint density at radius 3 is 0.859 bits per heavy atom. The Balaban J connectivity index is 3.97. The number of phosphoric acid groups is 1. The molecule has 3 atom stereocenters. The molecule has 0 radical (unpaired) electrons. The molecule has 0 aromatic heterocycles. The first-order chi connectivity index (χ1) is 38.0. The Morgan fingerprint density at radius 2 is 0.615 bits per heavy atom. The number of phosphoric ester groups is 1. The van der Waals surface area contributed by atoms with Crippen LogP contribution in [0.4, 0.5) is 0 Å². The SMILES string of the molecule is CCCCCCCCCCCCCCCCCCCCCCCCCCCCCCCCCC(O)C(COP(=O)(O)OCC[N+](C)(C)C)NC(=O)CCCCCCCCCCCCCCCCCCCCCCCCCCC. The fourth-order valence-electron chi connectivity index (χ4n) is 11.3. The second-order valence-corrected chi connectivity index (χ2v) is 27.4. The van der Waals surface area contributed by atoms with Crippen LogP contribution in [0.3, 0.4) is 0 Å². The molecule has 78 heavy (non-hydrogen) atoms. The maximum atomic E-state index is 13.1. The van der Waals surface area contributed by atoms with Gasteiger partial charge in [-0.3, -0.25) is 13.8 Å². The van der Waals surface area contributed by atoms with E-state index in [-0.39, 0.29) is 19.1 Å². The number of amides is 1. The summed E-state index contributed by atoms with van der Waals surface area (Å²) in [5.74, 6) is -0.133. The molecule has 0 rings (SSSR count). The molecule has 0 fully saturated rings. The van der Waals surface area contributed by atoms with Gasteiger partial charge in [0.15, 0.2) is 0 Å². The van der Waals surface area contributed by atoms with Gasteiger partial charge in [-0.2, -0.15) is 0 Å². The topological polar surface area (TPSA) is 105 Å². The van der Waals surface area contributed by atoms with E-state index in [4.69, 9.17) is 9.05 Å². The predicted molar refractivity (Wildman–Crippen MR) is 342 cm³/mol. The van der Waals surface area contributed by atoms with Crippen LogP contribution in [-0.2, 0) is 18.4 Å². The van der Waals surface area contributed by atoms with Crippen molar-refractivity contribution >= 4 is 13.7 Å². The lowest BCUT2D eigenvalue weighted by molar-refractivity contribution is -0.870. The van der Waals surface area contributed by atoms with Crippen molar-refractivity contribution in [3.63, 3.8) is 0 Å². The third kappa shape index (κ3) is 63.1. The smallest absolute Gasteiger partial charge is 0.391 e. The lowest BCUT2D eigenvalue weighted by Gasteiger charge is -2.26. The molecule has 0 aliphatic carbocycles. The highest BCUT2D eigenvalue weighted by atomic mass is 31.2. The zero-order valence-corrected chi connectivity index (χ0v) is 54.6. The van der Waals surface area contributed by atoms with Crippen LogP contribution in [0.5, 0.6) is 0 Å². The summed E-state index contributed by atoms with van der Waals surface area (Å²) in [4.78, 5) is 23.5. The zero-order valence-electron chi connectivity index (χ0n) is 53.7. The first-order valence-corrected chi connectivity index (χ1v) is 36.9. The van der Waals surface area contributed by atoms with Gasteiger partial charge in [0.05, 0.1) is 39.9 Å². The van der Waals surface area contributed by atoms with E-state index in [1.54, 1.807) is 0 Å². The minimum absolute atomic E-state index is 0.0795. The van der Waals surface area contributed by atoms with Gasteiger partial charge >= 0.3 is 7.82 Å². The van der Waals surface area contributed by atoms with Crippen LogP contribution in [0.1, 0.15) is 386 Å². The molecular formula is C69H142N2O6P+. The monoisotopic (exact) mass is 1130 g/mol. The van der Waals surface area contributed by atoms with Crippen molar-refractivity contribution in [2.75, 3.05) is 40.9 Å². The number of likely N-dealkylation sites (N-methyl/N-ethyl adjacent to an activating group) is 1. The Kier molecular flexibility index (Phi) is 60.7. The number of nitrogens with one attached hydrogen (secondary N) is 1. The minimum Gasteiger partial charge on any atom is -0.391 e. The van der Waals surface area contributed by atoms with Gasteiger partial charge in [0, 0.05) is 6.42 Å². The van der Waals surface area contributed by atoms with Crippen molar-refractivity contribution in [2.45, 2.75) is 398 Å². The molecule has 3 N–H and O–H groups in total. The lowest BCUT2D eigenvalue weighted by atomic mass is 10.0. The van der Waals surface area contributed by atoms with Crippen molar-refractivity contribution in [1.82, 2.24) is 5.32 Å². The van der Waals surface area contributed by atoms with Gasteiger partial charge in [0.25, 0.3) is 0 Å². The van der Waals surface area contributed by atoms with Crippen LogP contribution < -0.4 is 5.32 Å². The summed E-state index contributed by atoms with van der Waals surface area (Å²) in [7, 11) is 1.64. The average molecular weight is 1130 g/mol. The second-order valence-electron chi connectivity index (χ2n) is 26.0. The van der Waals surface area contributed by atoms with Crippen LogP contribution in [0.25, 0.3) is 0 Å². The molecule has 0 aliphatic rings. The highest BCUT2D eigenvalue weighted by molar-refractivity contribution is 7.47. The molecule has 8 nitrogen and oxygen atoms in total. The van der Waals surface area contributed by atoms with Gasteiger partial charge in [-0.1, -0.05) is 367 Å². The average Bonchev–Trinajstić information content (AvgIpc) is 3.41. The number of hydrogen-bond donors (Lipinski definition) is 3. The number of carbonyl (C=O) groups excluding carboxylic acids is 1. The number of carbonyl (C=O) groups is 1. The Hall–Kier alpha value is -0.500. The maximum Gasteiger partial charge on any atom is 0.472 e. The van der Waals surface area contributed by atoms with E-state index >= 15 is 0 Å². The summed E-state index contributed by atoms with van der Waals surface area (Å²) in [5, 5.41) is 14.2. The van der Waals surface area contributed by atoms with Crippen LogP contribution in [-0.4, -0.2) is 73.4 Å². The fraction of sp³-hybridized carbons (Fsp3) is 0.986. The summed E-state index contributed by atoms with van der Waals surface area (Å²) >= 11 is 0. The summed E-state index contributed by atoms with van der Waals surface area (Å²) < 4.78 is 23.9. The highest BCUT2D eigenvalue weighted by Crippen LogP contribution is 2.43. The Morgan fingerprint density at radius 1 is 0.385 bits per heavy atom. The molecular weight excluding hydrogens is 984 g/mol. The molecule has 0 saturated heterocycles. The molecule has 3 unspecified atom stereocenters. The Labute approximate surface area is 489 Å². The Bertz CT molecular complexity index is 1230. The van der Waals surface area contributed by atoms with Crippen LogP contribution in [0, 0.1) is 0 Å². The second kappa shape index (κ2) is 61.1. The molecule has 1 amide bonds. The normalized spacial score (nSPS) is 13.6. The van der Waals surface area contributed by atoms with Crippen LogP contribution >= 0.6 is 7.82 Å². The number of aliphatic hydroxyl groups excluding tert-OH is 1. The molecule has 0 aliphatic heterocycles. The fourth-order valence-corrected chi connectivity index (χ4v) is 12.1. The first-order valence-electron chi connectivity index (χ1n) is 35.4.